The van der Waals surface area contributed by atoms with E-state index in [-0.39, 0.29) is 0 Å². The van der Waals surface area contributed by atoms with Crippen LogP contribution in [0.4, 0.5) is 5.69 Å². The number of methoxy groups -OCH3 is 3. The van der Waals surface area contributed by atoms with Crippen LogP contribution in [0.25, 0.3) is 0 Å². The Hall–Kier alpha value is -2.69. The average molecular weight is 329 g/mol. The number of ether oxygens (including phenoxy) is 3. The van der Waals surface area contributed by atoms with Crippen molar-refractivity contribution in [3.05, 3.63) is 52.6 Å². The highest BCUT2D eigenvalue weighted by Gasteiger charge is 2.17. The third kappa shape index (κ3) is 3.79. The molecule has 0 aromatic heterocycles. The summed E-state index contributed by atoms with van der Waals surface area (Å²) in [6, 6.07) is 9.66. The lowest BCUT2D eigenvalue weighted by molar-refractivity contribution is 0.0601. The zero-order valence-corrected chi connectivity index (χ0v) is 14.7. The number of carbonyl (C=O) groups excluding carboxylic acids is 1. The van der Waals surface area contributed by atoms with Gasteiger partial charge in [0.25, 0.3) is 0 Å². The number of esters is 1. The van der Waals surface area contributed by atoms with E-state index in [1.54, 1.807) is 19.2 Å². The van der Waals surface area contributed by atoms with E-state index < -0.39 is 5.97 Å². The Bertz CT molecular complexity index is 740. The van der Waals surface area contributed by atoms with Crippen molar-refractivity contribution >= 4 is 11.7 Å². The molecule has 0 spiro atoms. The van der Waals surface area contributed by atoms with Gasteiger partial charge in [-0.25, -0.2) is 4.79 Å². The van der Waals surface area contributed by atoms with Gasteiger partial charge in [-0.05, 0) is 25.0 Å². The minimum atomic E-state index is -0.431. The van der Waals surface area contributed by atoms with Gasteiger partial charge < -0.3 is 19.5 Å². The maximum atomic E-state index is 12.1. The normalized spacial score (nSPS) is 10.2. The number of hydrogen-bond acceptors (Lipinski definition) is 5. The van der Waals surface area contributed by atoms with Crippen molar-refractivity contribution in [3.63, 3.8) is 0 Å². The molecule has 0 heterocycles. The fourth-order valence-electron chi connectivity index (χ4n) is 2.49. The fraction of sp³-hybridized carbons (Fsp3) is 0.316. The molecule has 0 aliphatic rings. The summed E-state index contributed by atoms with van der Waals surface area (Å²) in [4.78, 5) is 12.1. The zero-order valence-electron chi connectivity index (χ0n) is 14.7. The largest absolute Gasteiger partial charge is 0.493 e. The molecule has 0 bridgehead atoms. The summed E-state index contributed by atoms with van der Waals surface area (Å²) < 4.78 is 15.5. The second kappa shape index (κ2) is 7.73. The van der Waals surface area contributed by atoms with Crippen LogP contribution in [-0.2, 0) is 11.3 Å². The van der Waals surface area contributed by atoms with Gasteiger partial charge in [-0.15, -0.1) is 0 Å². The van der Waals surface area contributed by atoms with E-state index in [1.807, 2.05) is 0 Å². The summed E-state index contributed by atoms with van der Waals surface area (Å²) in [6.45, 7) is 4.71. The summed E-state index contributed by atoms with van der Waals surface area (Å²) in [5, 5.41) is 3.30. The molecule has 2 rings (SSSR count). The molecule has 5 nitrogen and oxygen atoms in total. The number of hydrogen-bond donors (Lipinski definition) is 1. The van der Waals surface area contributed by atoms with Crippen LogP contribution in [0.5, 0.6) is 11.5 Å². The number of rotatable bonds is 6. The first-order valence-electron chi connectivity index (χ1n) is 7.64. The molecule has 2 aromatic carbocycles. The smallest absolute Gasteiger partial charge is 0.340 e. The Labute approximate surface area is 142 Å². The van der Waals surface area contributed by atoms with Gasteiger partial charge in [-0.2, -0.15) is 0 Å². The van der Waals surface area contributed by atoms with E-state index >= 15 is 0 Å². The summed E-state index contributed by atoms with van der Waals surface area (Å²) >= 11 is 0. The molecule has 0 aliphatic carbocycles. The van der Waals surface area contributed by atoms with Gasteiger partial charge in [-0.1, -0.05) is 23.8 Å². The minimum absolute atomic E-state index is 0.403. The average Bonchev–Trinajstić information content (AvgIpc) is 2.60. The van der Waals surface area contributed by atoms with Crippen molar-refractivity contribution in [2.24, 2.45) is 0 Å². The van der Waals surface area contributed by atoms with E-state index in [1.165, 1.54) is 30.9 Å². The number of benzene rings is 2. The van der Waals surface area contributed by atoms with E-state index in [4.69, 9.17) is 14.2 Å². The Morgan fingerprint density at radius 1 is 1.00 bits per heavy atom. The fourth-order valence-corrected chi connectivity index (χ4v) is 2.49. The number of carbonyl (C=O) groups is 1. The van der Waals surface area contributed by atoms with Crippen LogP contribution in [0.2, 0.25) is 0 Å². The third-order valence-corrected chi connectivity index (χ3v) is 3.90. The van der Waals surface area contributed by atoms with Crippen molar-refractivity contribution in [2.45, 2.75) is 20.4 Å². The second-order valence-corrected chi connectivity index (χ2v) is 5.53. The standard InChI is InChI=1S/C19H23NO4/c1-12-6-7-13(2)14(8-12)11-20-16-10-18(23-4)17(22-3)9-15(16)19(21)24-5/h6-10,20H,11H2,1-5H3. The summed E-state index contributed by atoms with van der Waals surface area (Å²) in [5.74, 6) is 0.600. The highest BCUT2D eigenvalue weighted by Crippen LogP contribution is 2.34. The Balaban J connectivity index is 2.37. The molecule has 0 atom stereocenters. The molecule has 0 radical (unpaired) electrons. The molecule has 5 heteroatoms. The van der Waals surface area contributed by atoms with Crippen molar-refractivity contribution in [1.82, 2.24) is 0 Å². The van der Waals surface area contributed by atoms with Gasteiger partial charge in [0.2, 0.25) is 0 Å². The lowest BCUT2D eigenvalue weighted by Gasteiger charge is -2.16. The van der Waals surface area contributed by atoms with Crippen molar-refractivity contribution in [3.8, 4) is 11.5 Å². The van der Waals surface area contributed by atoms with Gasteiger partial charge in [0.1, 0.15) is 0 Å². The van der Waals surface area contributed by atoms with Crippen LogP contribution in [-0.4, -0.2) is 27.3 Å². The Morgan fingerprint density at radius 2 is 1.67 bits per heavy atom. The molecule has 1 N–H and O–H groups in total. The van der Waals surface area contributed by atoms with Gasteiger partial charge in [0.05, 0.1) is 32.6 Å². The van der Waals surface area contributed by atoms with E-state index in [9.17, 15) is 4.79 Å². The molecule has 0 fully saturated rings. The van der Waals surface area contributed by atoms with Crippen molar-refractivity contribution < 1.29 is 19.0 Å². The highest BCUT2D eigenvalue weighted by molar-refractivity contribution is 5.96. The quantitative estimate of drug-likeness (QED) is 0.819. The maximum absolute atomic E-state index is 12.1. The summed E-state index contributed by atoms with van der Waals surface area (Å²) in [7, 11) is 4.44. The topological polar surface area (TPSA) is 56.8 Å². The van der Waals surface area contributed by atoms with Gasteiger partial charge in [0, 0.05) is 18.7 Å². The molecule has 0 amide bonds. The summed E-state index contributed by atoms with van der Waals surface area (Å²) in [5.41, 5.74) is 4.59. The van der Waals surface area contributed by atoms with E-state index in [2.05, 4.69) is 37.4 Å². The predicted octanol–water partition coefficient (Wildman–Crippen LogP) is 3.72. The molecule has 2 aromatic rings. The Morgan fingerprint density at radius 3 is 2.29 bits per heavy atom. The van der Waals surface area contributed by atoms with Gasteiger partial charge in [-0.3, -0.25) is 0 Å². The van der Waals surface area contributed by atoms with Crippen LogP contribution in [0.3, 0.4) is 0 Å². The minimum Gasteiger partial charge on any atom is -0.493 e. The zero-order chi connectivity index (χ0) is 17.7. The third-order valence-electron chi connectivity index (χ3n) is 3.90. The lowest BCUT2D eigenvalue weighted by Crippen LogP contribution is -2.10. The second-order valence-electron chi connectivity index (χ2n) is 5.53. The Kier molecular flexibility index (Phi) is 5.68. The maximum Gasteiger partial charge on any atom is 0.340 e. The highest BCUT2D eigenvalue weighted by atomic mass is 16.5. The van der Waals surface area contributed by atoms with Crippen LogP contribution in [0.1, 0.15) is 27.0 Å². The van der Waals surface area contributed by atoms with Gasteiger partial charge >= 0.3 is 5.97 Å². The first-order valence-corrected chi connectivity index (χ1v) is 7.64. The molecular weight excluding hydrogens is 306 g/mol. The van der Waals surface area contributed by atoms with Crippen LogP contribution < -0.4 is 14.8 Å². The lowest BCUT2D eigenvalue weighted by atomic mass is 10.1. The molecule has 0 saturated carbocycles. The van der Waals surface area contributed by atoms with Crippen molar-refractivity contribution in [1.29, 1.82) is 0 Å². The molecular formula is C19H23NO4. The van der Waals surface area contributed by atoms with E-state index in [0.717, 1.165) is 0 Å². The number of aryl methyl sites for hydroxylation is 2. The molecule has 24 heavy (non-hydrogen) atoms. The predicted molar refractivity (Wildman–Crippen MR) is 94.1 cm³/mol. The number of anilines is 1. The SMILES string of the molecule is COC(=O)c1cc(OC)c(OC)cc1NCc1cc(C)ccc1C. The first kappa shape index (κ1) is 17.7. The van der Waals surface area contributed by atoms with Crippen LogP contribution >= 0.6 is 0 Å². The molecule has 128 valence electrons. The van der Waals surface area contributed by atoms with E-state index in [0.29, 0.717) is 29.3 Å². The molecule has 0 unspecified atom stereocenters. The monoisotopic (exact) mass is 329 g/mol. The van der Waals surface area contributed by atoms with Gasteiger partial charge in [0.15, 0.2) is 11.5 Å². The summed E-state index contributed by atoms with van der Waals surface area (Å²) in [6.07, 6.45) is 0. The van der Waals surface area contributed by atoms with Crippen LogP contribution in [0.15, 0.2) is 30.3 Å². The molecule has 0 saturated heterocycles. The van der Waals surface area contributed by atoms with Crippen LogP contribution in [0, 0.1) is 13.8 Å². The molecule has 0 aliphatic heterocycles. The van der Waals surface area contributed by atoms with Crippen molar-refractivity contribution in [2.75, 3.05) is 26.6 Å². The first-order chi connectivity index (χ1) is 11.5. The number of nitrogens with one attached hydrogen (secondary N) is 1.